The average Bonchev–Trinajstić information content (AvgIpc) is 2.39. The third kappa shape index (κ3) is 3.93. The smallest absolute Gasteiger partial charge is 0.256 e. The van der Waals surface area contributed by atoms with Crippen LogP contribution in [0.2, 0.25) is 0 Å². The summed E-state index contributed by atoms with van der Waals surface area (Å²) < 4.78 is 13.8. The molecule has 1 aromatic carbocycles. The number of aryl methyl sites for hydroxylation is 1. The number of hydrogen-bond donors (Lipinski definition) is 1. The van der Waals surface area contributed by atoms with Crippen LogP contribution in [0, 0.1) is 18.7 Å². The number of carbonyl (C=O) groups is 1. The lowest BCUT2D eigenvalue weighted by atomic mass is 9.96. The van der Waals surface area contributed by atoms with E-state index in [0.29, 0.717) is 5.92 Å². The number of nitrogens with zero attached hydrogens (tertiary/aromatic N) is 1. The molecule has 1 heterocycles. The van der Waals surface area contributed by atoms with Crippen LogP contribution < -0.4 is 5.32 Å². The van der Waals surface area contributed by atoms with Crippen molar-refractivity contribution in [2.75, 3.05) is 26.7 Å². The van der Waals surface area contributed by atoms with Crippen molar-refractivity contribution in [3.8, 4) is 0 Å². The zero-order valence-corrected chi connectivity index (χ0v) is 12.8. The summed E-state index contributed by atoms with van der Waals surface area (Å²) in [4.78, 5) is 14.0. The van der Waals surface area contributed by atoms with Gasteiger partial charge in [-0.05, 0) is 57.0 Å². The van der Waals surface area contributed by atoms with Gasteiger partial charge < -0.3 is 10.2 Å². The Morgan fingerprint density at radius 2 is 2.05 bits per heavy atom. The van der Waals surface area contributed by atoms with Gasteiger partial charge in [-0.2, -0.15) is 0 Å². The van der Waals surface area contributed by atoms with Crippen molar-refractivity contribution in [3.63, 3.8) is 0 Å². The Balaban J connectivity index is 0.00000200. The van der Waals surface area contributed by atoms with Gasteiger partial charge in [0.15, 0.2) is 0 Å². The third-order valence-corrected chi connectivity index (χ3v) is 3.75. The van der Waals surface area contributed by atoms with Gasteiger partial charge in [0.25, 0.3) is 5.91 Å². The maximum atomic E-state index is 13.8. The summed E-state index contributed by atoms with van der Waals surface area (Å²) >= 11 is 0. The molecule has 1 aliphatic heterocycles. The molecule has 3 nitrogen and oxygen atoms in total. The fourth-order valence-electron chi connectivity index (χ4n) is 2.59. The van der Waals surface area contributed by atoms with E-state index in [-0.39, 0.29) is 23.9 Å². The molecule has 1 N–H and O–H groups in total. The standard InChI is InChI=1S/C15H21FN2O.ClH/c1-11-3-4-13(14(16)9-11)15(19)18-7-5-12(6-8-18)10-17-2;/h3-4,9,12,17H,5-8,10H2,1-2H3;1H. The summed E-state index contributed by atoms with van der Waals surface area (Å²) in [5.41, 5.74) is 1.03. The molecular formula is C15H22ClFN2O. The molecule has 1 aromatic rings. The minimum Gasteiger partial charge on any atom is -0.339 e. The van der Waals surface area contributed by atoms with Crippen molar-refractivity contribution in [2.45, 2.75) is 19.8 Å². The number of halogens is 2. The summed E-state index contributed by atoms with van der Waals surface area (Å²) in [5, 5.41) is 3.17. The van der Waals surface area contributed by atoms with Crippen LogP contribution in [0.1, 0.15) is 28.8 Å². The van der Waals surface area contributed by atoms with Gasteiger partial charge in [-0.15, -0.1) is 12.4 Å². The van der Waals surface area contributed by atoms with E-state index in [1.54, 1.807) is 17.0 Å². The van der Waals surface area contributed by atoms with Gasteiger partial charge in [0.2, 0.25) is 0 Å². The normalized spacial score (nSPS) is 15.8. The second-order valence-corrected chi connectivity index (χ2v) is 5.28. The van der Waals surface area contributed by atoms with E-state index in [9.17, 15) is 9.18 Å². The molecule has 1 saturated heterocycles. The van der Waals surface area contributed by atoms with Crippen LogP contribution in [0.5, 0.6) is 0 Å². The molecule has 0 saturated carbocycles. The number of hydrogen-bond acceptors (Lipinski definition) is 2. The second-order valence-electron chi connectivity index (χ2n) is 5.28. The van der Waals surface area contributed by atoms with Gasteiger partial charge in [0.05, 0.1) is 5.56 Å². The molecular weight excluding hydrogens is 279 g/mol. The highest BCUT2D eigenvalue weighted by Crippen LogP contribution is 2.20. The first-order chi connectivity index (χ1) is 9.11. The molecule has 1 amide bonds. The predicted molar refractivity (Wildman–Crippen MR) is 80.9 cm³/mol. The van der Waals surface area contributed by atoms with E-state index in [1.807, 2.05) is 14.0 Å². The van der Waals surface area contributed by atoms with Crippen LogP contribution in [-0.4, -0.2) is 37.5 Å². The van der Waals surface area contributed by atoms with Crippen LogP contribution >= 0.6 is 12.4 Å². The Bertz CT molecular complexity index is 459. The molecule has 0 aliphatic carbocycles. The van der Waals surface area contributed by atoms with Crippen molar-refractivity contribution < 1.29 is 9.18 Å². The first-order valence-electron chi connectivity index (χ1n) is 6.82. The number of rotatable bonds is 3. The monoisotopic (exact) mass is 300 g/mol. The van der Waals surface area contributed by atoms with E-state index in [0.717, 1.165) is 38.0 Å². The Labute approximate surface area is 125 Å². The Morgan fingerprint density at radius 1 is 1.40 bits per heavy atom. The zero-order chi connectivity index (χ0) is 13.8. The van der Waals surface area contributed by atoms with Gasteiger partial charge in [0.1, 0.15) is 5.82 Å². The summed E-state index contributed by atoms with van der Waals surface area (Å²) in [5.74, 6) is 0.0275. The van der Waals surface area contributed by atoms with Gasteiger partial charge in [-0.25, -0.2) is 4.39 Å². The van der Waals surface area contributed by atoms with Crippen molar-refractivity contribution >= 4 is 18.3 Å². The highest BCUT2D eigenvalue weighted by atomic mass is 35.5. The first-order valence-corrected chi connectivity index (χ1v) is 6.82. The molecule has 0 radical (unpaired) electrons. The number of benzene rings is 1. The number of carbonyl (C=O) groups excluding carboxylic acids is 1. The maximum Gasteiger partial charge on any atom is 0.256 e. The van der Waals surface area contributed by atoms with Crippen LogP contribution in [-0.2, 0) is 0 Å². The maximum absolute atomic E-state index is 13.8. The van der Waals surface area contributed by atoms with Gasteiger partial charge in [-0.1, -0.05) is 6.07 Å². The minimum absolute atomic E-state index is 0. The van der Waals surface area contributed by atoms with E-state index in [4.69, 9.17) is 0 Å². The lowest BCUT2D eigenvalue weighted by Crippen LogP contribution is -2.40. The molecule has 0 spiro atoms. The summed E-state index contributed by atoms with van der Waals surface area (Å²) in [7, 11) is 1.94. The van der Waals surface area contributed by atoms with Crippen LogP contribution in [0.25, 0.3) is 0 Å². The zero-order valence-electron chi connectivity index (χ0n) is 12.0. The van der Waals surface area contributed by atoms with Gasteiger partial charge in [0, 0.05) is 13.1 Å². The fraction of sp³-hybridized carbons (Fsp3) is 0.533. The first kappa shape index (κ1) is 16.9. The van der Waals surface area contributed by atoms with E-state index < -0.39 is 5.82 Å². The van der Waals surface area contributed by atoms with E-state index >= 15 is 0 Å². The van der Waals surface area contributed by atoms with E-state index in [2.05, 4.69) is 5.32 Å². The van der Waals surface area contributed by atoms with Crippen LogP contribution in [0.4, 0.5) is 4.39 Å². The third-order valence-electron chi connectivity index (χ3n) is 3.75. The van der Waals surface area contributed by atoms with Crippen LogP contribution in [0.3, 0.4) is 0 Å². The molecule has 1 aliphatic rings. The Hall–Kier alpha value is -1.13. The summed E-state index contributed by atoms with van der Waals surface area (Å²) in [6, 6.07) is 4.79. The number of amides is 1. The highest BCUT2D eigenvalue weighted by Gasteiger charge is 2.24. The van der Waals surface area contributed by atoms with E-state index in [1.165, 1.54) is 6.07 Å². The molecule has 5 heteroatoms. The molecule has 0 atom stereocenters. The minimum atomic E-state index is -0.414. The Kier molecular flexibility index (Phi) is 6.43. The number of nitrogens with one attached hydrogen (secondary N) is 1. The molecule has 1 fully saturated rings. The molecule has 2 rings (SSSR count). The van der Waals surface area contributed by atoms with Crippen LogP contribution in [0.15, 0.2) is 18.2 Å². The van der Waals surface area contributed by atoms with Crippen molar-refractivity contribution in [3.05, 3.63) is 35.1 Å². The lowest BCUT2D eigenvalue weighted by molar-refractivity contribution is 0.0686. The summed E-state index contributed by atoms with van der Waals surface area (Å²) in [6.45, 7) is 4.25. The van der Waals surface area contributed by atoms with Crippen molar-refractivity contribution in [1.29, 1.82) is 0 Å². The second kappa shape index (κ2) is 7.60. The lowest BCUT2D eigenvalue weighted by Gasteiger charge is -2.32. The summed E-state index contributed by atoms with van der Waals surface area (Å²) in [6.07, 6.45) is 1.97. The molecule has 0 unspecified atom stereocenters. The fourth-order valence-corrected chi connectivity index (χ4v) is 2.59. The average molecular weight is 301 g/mol. The molecule has 20 heavy (non-hydrogen) atoms. The van der Waals surface area contributed by atoms with Crippen molar-refractivity contribution in [1.82, 2.24) is 10.2 Å². The molecule has 0 bridgehead atoms. The van der Waals surface area contributed by atoms with Gasteiger partial charge >= 0.3 is 0 Å². The molecule has 0 aromatic heterocycles. The molecule has 112 valence electrons. The largest absolute Gasteiger partial charge is 0.339 e. The van der Waals surface area contributed by atoms with Gasteiger partial charge in [-0.3, -0.25) is 4.79 Å². The SMILES string of the molecule is CNCC1CCN(C(=O)c2ccc(C)cc2F)CC1.Cl. The topological polar surface area (TPSA) is 32.3 Å². The number of likely N-dealkylation sites (tertiary alicyclic amines) is 1. The van der Waals surface area contributed by atoms with Crippen molar-refractivity contribution in [2.24, 2.45) is 5.92 Å². The quantitative estimate of drug-likeness (QED) is 0.931. The highest BCUT2D eigenvalue weighted by molar-refractivity contribution is 5.94. The predicted octanol–water partition coefficient (Wildman–Crippen LogP) is 2.63. The number of piperidine rings is 1. The Morgan fingerprint density at radius 3 is 2.60 bits per heavy atom.